The number of aryl methyl sites for hydroxylation is 2. The molecular formula is C29H28FN3OS. The molecule has 0 saturated carbocycles. The highest BCUT2D eigenvalue weighted by atomic mass is 32.1. The van der Waals surface area contributed by atoms with Crippen molar-refractivity contribution in [3.63, 3.8) is 0 Å². The van der Waals surface area contributed by atoms with Gasteiger partial charge in [-0.25, -0.2) is 9.18 Å². The maximum atomic E-state index is 14.5. The zero-order chi connectivity index (χ0) is 23.9. The lowest BCUT2D eigenvalue weighted by atomic mass is 9.95. The van der Waals surface area contributed by atoms with Crippen LogP contribution in [0.5, 0.6) is 0 Å². The van der Waals surface area contributed by atoms with E-state index in [-0.39, 0.29) is 17.8 Å². The number of halogens is 1. The fourth-order valence-electron chi connectivity index (χ4n) is 5.42. The number of nitrogens with zero attached hydrogens (tertiary/aromatic N) is 2. The number of urea groups is 1. The van der Waals surface area contributed by atoms with Crippen LogP contribution in [0.2, 0.25) is 0 Å². The van der Waals surface area contributed by atoms with E-state index in [2.05, 4.69) is 59.4 Å². The number of carbonyl (C=O) groups is 1. The summed E-state index contributed by atoms with van der Waals surface area (Å²) in [7, 11) is 0. The first-order valence-electron chi connectivity index (χ1n) is 12.4. The molecule has 6 heteroatoms. The molecule has 2 aromatic carbocycles. The van der Waals surface area contributed by atoms with E-state index in [0.29, 0.717) is 6.54 Å². The van der Waals surface area contributed by atoms with Crippen LogP contribution in [-0.2, 0) is 25.8 Å². The summed E-state index contributed by atoms with van der Waals surface area (Å²) in [6, 6.07) is 18.5. The van der Waals surface area contributed by atoms with Crippen LogP contribution in [0.1, 0.15) is 58.6 Å². The van der Waals surface area contributed by atoms with Crippen molar-refractivity contribution < 1.29 is 9.18 Å². The molecule has 0 spiro atoms. The first-order valence-corrected chi connectivity index (χ1v) is 13.2. The van der Waals surface area contributed by atoms with Crippen molar-refractivity contribution in [2.45, 2.75) is 51.6 Å². The summed E-state index contributed by atoms with van der Waals surface area (Å²) in [5.41, 5.74) is 6.20. The van der Waals surface area contributed by atoms with Crippen molar-refractivity contribution in [1.82, 2.24) is 9.47 Å². The van der Waals surface area contributed by atoms with Gasteiger partial charge in [-0.2, -0.15) is 0 Å². The maximum Gasteiger partial charge on any atom is 0.323 e. The van der Waals surface area contributed by atoms with Crippen LogP contribution in [0, 0.1) is 5.82 Å². The Balaban J connectivity index is 1.50. The Labute approximate surface area is 209 Å². The number of hydrogen-bond acceptors (Lipinski definition) is 2. The van der Waals surface area contributed by atoms with Gasteiger partial charge in [0, 0.05) is 16.6 Å². The topological polar surface area (TPSA) is 37.3 Å². The number of para-hydroxylation sites is 1. The van der Waals surface area contributed by atoms with Gasteiger partial charge in [-0.1, -0.05) is 43.3 Å². The van der Waals surface area contributed by atoms with Crippen molar-refractivity contribution in [2.75, 3.05) is 5.32 Å². The molecule has 178 valence electrons. The number of anilines is 1. The summed E-state index contributed by atoms with van der Waals surface area (Å²) < 4.78 is 16.7. The van der Waals surface area contributed by atoms with Crippen LogP contribution in [0.25, 0.3) is 5.00 Å². The molecule has 1 aliphatic carbocycles. The minimum absolute atomic E-state index is 0.199. The van der Waals surface area contributed by atoms with Crippen LogP contribution in [0.4, 0.5) is 14.9 Å². The molecule has 3 heterocycles. The summed E-state index contributed by atoms with van der Waals surface area (Å²) >= 11 is 1.87. The van der Waals surface area contributed by atoms with Crippen LogP contribution < -0.4 is 5.32 Å². The van der Waals surface area contributed by atoms with Gasteiger partial charge in [-0.15, -0.1) is 11.3 Å². The van der Waals surface area contributed by atoms with E-state index in [4.69, 9.17) is 0 Å². The molecule has 4 aromatic rings. The first-order chi connectivity index (χ1) is 17.1. The second-order valence-corrected chi connectivity index (χ2v) is 10.4. The Morgan fingerprint density at radius 2 is 1.83 bits per heavy atom. The summed E-state index contributed by atoms with van der Waals surface area (Å²) in [5, 5.41) is 4.08. The molecule has 6 rings (SSSR count). The molecule has 2 aromatic heterocycles. The molecular weight excluding hydrogens is 457 g/mol. The van der Waals surface area contributed by atoms with E-state index in [1.807, 2.05) is 16.2 Å². The number of amides is 2. The molecule has 1 aliphatic heterocycles. The first kappa shape index (κ1) is 22.1. The van der Waals surface area contributed by atoms with Crippen molar-refractivity contribution >= 4 is 23.1 Å². The molecule has 0 saturated heterocycles. The number of rotatable bonds is 3. The normalized spacial score (nSPS) is 16.7. The van der Waals surface area contributed by atoms with Crippen LogP contribution in [0.15, 0.2) is 66.9 Å². The lowest BCUT2D eigenvalue weighted by Crippen LogP contribution is -2.38. The lowest BCUT2D eigenvalue weighted by molar-refractivity contribution is 0.194. The summed E-state index contributed by atoms with van der Waals surface area (Å²) in [5.74, 6) is -0.434. The molecule has 0 fully saturated rings. The maximum absolute atomic E-state index is 14.5. The summed E-state index contributed by atoms with van der Waals surface area (Å²) in [6.45, 7) is 2.63. The molecule has 0 radical (unpaired) electrons. The second kappa shape index (κ2) is 9.00. The fraction of sp³-hybridized carbons (Fsp3) is 0.276. The highest BCUT2D eigenvalue weighted by Crippen LogP contribution is 2.44. The summed E-state index contributed by atoms with van der Waals surface area (Å²) in [4.78, 5) is 17.2. The highest BCUT2D eigenvalue weighted by Gasteiger charge is 2.36. The SMILES string of the molecule is CCc1ccc(C2c3cccn3-c3sc4c(c3CN2C(=O)Nc2ccccc2F)CCCC4)cc1. The van der Waals surface area contributed by atoms with Crippen molar-refractivity contribution in [2.24, 2.45) is 0 Å². The molecule has 2 amide bonds. The minimum Gasteiger partial charge on any atom is -0.310 e. The van der Waals surface area contributed by atoms with Crippen LogP contribution >= 0.6 is 11.3 Å². The van der Waals surface area contributed by atoms with Crippen LogP contribution in [0.3, 0.4) is 0 Å². The quantitative estimate of drug-likeness (QED) is 0.326. The zero-order valence-corrected chi connectivity index (χ0v) is 20.6. The number of thiophene rings is 1. The van der Waals surface area contributed by atoms with Gasteiger partial charge < -0.3 is 14.8 Å². The third-order valence-electron chi connectivity index (χ3n) is 7.26. The molecule has 4 nitrogen and oxygen atoms in total. The molecule has 0 bridgehead atoms. The van der Waals surface area contributed by atoms with Gasteiger partial charge in [0.05, 0.1) is 24.0 Å². The van der Waals surface area contributed by atoms with E-state index in [9.17, 15) is 9.18 Å². The third kappa shape index (κ3) is 3.86. The van der Waals surface area contributed by atoms with Gasteiger partial charge in [0.25, 0.3) is 0 Å². The number of nitrogens with one attached hydrogen (secondary N) is 1. The molecule has 1 atom stereocenters. The molecule has 2 aliphatic rings. The lowest BCUT2D eigenvalue weighted by Gasteiger charge is -2.31. The Morgan fingerprint density at radius 1 is 1.03 bits per heavy atom. The van der Waals surface area contributed by atoms with Gasteiger partial charge in [-0.3, -0.25) is 0 Å². The van der Waals surface area contributed by atoms with E-state index < -0.39 is 5.82 Å². The average molecular weight is 486 g/mol. The molecule has 35 heavy (non-hydrogen) atoms. The van der Waals surface area contributed by atoms with E-state index in [0.717, 1.165) is 30.5 Å². The number of hydrogen-bond donors (Lipinski definition) is 1. The predicted octanol–water partition coefficient (Wildman–Crippen LogP) is 7.26. The summed E-state index contributed by atoms with van der Waals surface area (Å²) in [6.07, 6.45) is 7.63. The van der Waals surface area contributed by atoms with E-state index in [1.54, 1.807) is 18.2 Å². The van der Waals surface area contributed by atoms with Gasteiger partial charge in [-0.05, 0) is 73.1 Å². The number of aromatic nitrogens is 1. The second-order valence-electron chi connectivity index (χ2n) is 9.33. The molecule has 1 unspecified atom stereocenters. The minimum atomic E-state index is -0.434. The third-order valence-corrected chi connectivity index (χ3v) is 8.59. The van der Waals surface area contributed by atoms with Crippen molar-refractivity contribution in [1.29, 1.82) is 0 Å². The van der Waals surface area contributed by atoms with E-state index >= 15 is 0 Å². The smallest absolute Gasteiger partial charge is 0.310 e. The van der Waals surface area contributed by atoms with Gasteiger partial charge in [0.1, 0.15) is 10.8 Å². The largest absolute Gasteiger partial charge is 0.323 e. The standard InChI is InChI=1S/C29H28FN3OS/c1-2-19-13-15-20(16-14-19)27-25-11-7-17-32(25)28-22(21-8-3-6-12-26(21)35-28)18-33(27)29(34)31-24-10-5-4-9-23(24)30/h4-5,7,9-11,13-17,27H,2-3,6,8,12,18H2,1H3,(H,31,34). The Morgan fingerprint density at radius 3 is 2.63 bits per heavy atom. The fourth-order valence-corrected chi connectivity index (χ4v) is 6.83. The number of benzene rings is 2. The van der Waals surface area contributed by atoms with E-state index in [1.165, 1.54) is 45.5 Å². The Hall–Kier alpha value is -3.38. The zero-order valence-electron chi connectivity index (χ0n) is 19.8. The number of carbonyl (C=O) groups excluding carboxylic acids is 1. The monoisotopic (exact) mass is 485 g/mol. The molecule has 1 N–H and O–H groups in total. The van der Waals surface area contributed by atoms with Gasteiger partial charge >= 0.3 is 6.03 Å². The van der Waals surface area contributed by atoms with Crippen LogP contribution in [-0.4, -0.2) is 15.5 Å². The van der Waals surface area contributed by atoms with Crippen molar-refractivity contribution in [3.05, 3.63) is 106 Å². The highest BCUT2D eigenvalue weighted by molar-refractivity contribution is 7.15. The predicted molar refractivity (Wildman–Crippen MR) is 139 cm³/mol. The Bertz CT molecular complexity index is 1390. The van der Waals surface area contributed by atoms with Gasteiger partial charge in [0.2, 0.25) is 0 Å². The number of fused-ring (bicyclic) bond motifs is 5. The van der Waals surface area contributed by atoms with Crippen molar-refractivity contribution in [3.8, 4) is 5.00 Å². The average Bonchev–Trinajstić information content (AvgIpc) is 3.47. The van der Waals surface area contributed by atoms with Gasteiger partial charge in [0.15, 0.2) is 0 Å². The Kier molecular flexibility index (Phi) is 5.69.